The molecule has 31 heavy (non-hydrogen) atoms. The van der Waals surface area contributed by atoms with Crippen molar-refractivity contribution in [3.8, 4) is 23.0 Å². The van der Waals surface area contributed by atoms with Crippen molar-refractivity contribution in [1.29, 1.82) is 0 Å². The van der Waals surface area contributed by atoms with Crippen LogP contribution in [0.1, 0.15) is 34.7 Å². The third kappa shape index (κ3) is 4.46. The molecule has 1 aliphatic rings. The number of benzene rings is 1. The number of carbonyl (C=O) groups excluding carboxylic acids is 1. The van der Waals surface area contributed by atoms with Gasteiger partial charge in [-0.1, -0.05) is 6.07 Å². The summed E-state index contributed by atoms with van der Waals surface area (Å²) in [5, 5.41) is 0. The van der Waals surface area contributed by atoms with Gasteiger partial charge in [-0.25, -0.2) is 4.98 Å². The van der Waals surface area contributed by atoms with Gasteiger partial charge in [-0.2, -0.15) is 0 Å². The zero-order valence-electron chi connectivity index (χ0n) is 18.1. The summed E-state index contributed by atoms with van der Waals surface area (Å²) in [6.07, 6.45) is 5.21. The minimum absolute atomic E-state index is 0.0249. The van der Waals surface area contributed by atoms with Crippen molar-refractivity contribution in [2.75, 3.05) is 27.3 Å². The van der Waals surface area contributed by atoms with Crippen molar-refractivity contribution >= 4 is 5.78 Å². The van der Waals surface area contributed by atoms with E-state index in [1.807, 2.05) is 31.2 Å². The first kappa shape index (κ1) is 21.1. The van der Waals surface area contributed by atoms with Crippen LogP contribution in [0.2, 0.25) is 0 Å². The molecular formula is C24H27N3O4. The number of carbonyl (C=O) groups is 1. The SMILES string of the molecule is COc1cccc(-c2nc(CN3CCC[C@H](C(=O)c4cccnc4)C3)c(C)o2)c1OC. The van der Waals surface area contributed by atoms with E-state index in [-0.39, 0.29) is 11.7 Å². The Balaban J connectivity index is 1.51. The first-order valence-corrected chi connectivity index (χ1v) is 10.4. The van der Waals surface area contributed by atoms with Gasteiger partial charge < -0.3 is 13.9 Å². The van der Waals surface area contributed by atoms with E-state index in [9.17, 15) is 4.79 Å². The highest BCUT2D eigenvalue weighted by Gasteiger charge is 2.28. The zero-order valence-corrected chi connectivity index (χ0v) is 18.1. The van der Waals surface area contributed by atoms with E-state index < -0.39 is 0 Å². The van der Waals surface area contributed by atoms with Crippen LogP contribution in [0, 0.1) is 12.8 Å². The largest absolute Gasteiger partial charge is 0.493 e. The van der Waals surface area contributed by atoms with Gasteiger partial charge in [-0.3, -0.25) is 14.7 Å². The molecule has 0 saturated carbocycles. The number of ketones is 1. The molecule has 0 amide bonds. The van der Waals surface area contributed by atoms with Gasteiger partial charge in [0.25, 0.3) is 0 Å². The zero-order chi connectivity index (χ0) is 21.8. The molecule has 1 atom stereocenters. The molecular weight excluding hydrogens is 394 g/mol. The Morgan fingerprint density at radius 2 is 2.10 bits per heavy atom. The Bertz CT molecular complexity index is 1050. The summed E-state index contributed by atoms with van der Waals surface area (Å²) in [4.78, 5) is 24.0. The monoisotopic (exact) mass is 421 g/mol. The lowest BCUT2D eigenvalue weighted by atomic mass is 9.90. The smallest absolute Gasteiger partial charge is 0.230 e. The molecule has 0 N–H and O–H groups in total. The minimum Gasteiger partial charge on any atom is -0.493 e. The molecule has 7 heteroatoms. The van der Waals surface area contributed by atoms with Gasteiger partial charge in [0.15, 0.2) is 17.3 Å². The van der Waals surface area contributed by atoms with Crippen LogP contribution in [-0.2, 0) is 6.54 Å². The maximum atomic E-state index is 12.9. The molecule has 0 radical (unpaired) electrons. The number of hydrogen-bond acceptors (Lipinski definition) is 7. The van der Waals surface area contributed by atoms with E-state index in [4.69, 9.17) is 18.9 Å². The Hall–Kier alpha value is -3.19. The number of methoxy groups -OCH3 is 2. The lowest BCUT2D eigenvalue weighted by Crippen LogP contribution is -2.38. The first-order valence-electron chi connectivity index (χ1n) is 10.4. The van der Waals surface area contributed by atoms with Crippen LogP contribution in [0.4, 0.5) is 0 Å². The van der Waals surface area contributed by atoms with Gasteiger partial charge in [0.1, 0.15) is 5.76 Å². The molecule has 7 nitrogen and oxygen atoms in total. The van der Waals surface area contributed by atoms with E-state index in [1.54, 1.807) is 32.7 Å². The quantitative estimate of drug-likeness (QED) is 0.530. The highest BCUT2D eigenvalue weighted by Crippen LogP contribution is 2.38. The van der Waals surface area contributed by atoms with Crippen molar-refractivity contribution in [1.82, 2.24) is 14.9 Å². The fourth-order valence-electron chi connectivity index (χ4n) is 4.11. The van der Waals surface area contributed by atoms with Crippen LogP contribution in [-0.4, -0.2) is 48.0 Å². The number of likely N-dealkylation sites (tertiary alicyclic amines) is 1. The number of hydrogen-bond donors (Lipinski definition) is 0. The van der Waals surface area contributed by atoms with Crippen molar-refractivity contribution < 1.29 is 18.7 Å². The predicted molar refractivity (Wildman–Crippen MR) is 116 cm³/mol. The topological polar surface area (TPSA) is 77.7 Å². The maximum Gasteiger partial charge on any atom is 0.230 e. The van der Waals surface area contributed by atoms with E-state index in [2.05, 4.69) is 9.88 Å². The summed E-state index contributed by atoms with van der Waals surface area (Å²) in [5.41, 5.74) is 2.30. The normalized spacial score (nSPS) is 16.8. The Morgan fingerprint density at radius 1 is 1.23 bits per heavy atom. The van der Waals surface area contributed by atoms with Gasteiger partial charge in [-0.15, -0.1) is 0 Å². The highest BCUT2D eigenvalue weighted by atomic mass is 16.5. The van der Waals surface area contributed by atoms with Gasteiger partial charge >= 0.3 is 0 Å². The molecule has 4 rings (SSSR count). The second kappa shape index (κ2) is 9.31. The van der Waals surface area contributed by atoms with Gasteiger partial charge in [0, 0.05) is 37.0 Å². The third-order valence-corrected chi connectivity index (χ3v) is 5.72. The van der Waals surface area contributed by atoms with Crippen molar-refractivity contribution in [3.63, 3.8) is 0 Å². The van der Waals surface area contributed by atoms with Crippen molar-refractivity contribution in [3.05, 3.63) is 59.7 Å². The van der Waals surface area contributed by atoms with Crippen LogP contribution < -0.4 is 9.47 Å². The summed E-state index contributed by atoms with van der Waals surface area (Å²) in [5.74, 6) is 2.63. The van der Waals surface area contributed by atoms with E-state index in [0.29, 0.717) is 36.0 Å². The van der Waals surface area contributed by atoms with Crippen LogP contribution in [0.5, 0.6) is 11.5 Å². The predicted octanol–water partition coefficient (Wildman–Crippen LogP) is 4.16. The lowest BCUT2D eigenvalue weighted by molar-refractivity contribution is 0.0809. The average molecular weight is 421 g/mol. The van der Waals surface area contributed by atoms with E-state index in [1.165, 1.54) is 0 Å². The summed E-state index contributed by atoms with van der Waals surface area (Å²) in [6, 6.07) is 9.27. The maximum absolute atomic E-state index is 12.9. The van der Waals surface area contributed by atoms with Crippen LogP contribution in [0.3, 0.4) is 0 Å². The molecule has 0 aliphatic carbocycles. The van der Waals surface area contributed by atoms with Crippen molar-refractivity contribution in [2.45, 2.75) is 26.3 Å². The van der Waals surface area contributed by atoms with E-state index in [0.717, 1.165) is 36.4 Å². The number of piperidine rings is 1. The summed E-state index contributed by atoms with van der Waals surface area (Å²) >= 11 is 0. The summed E-state index contributed by atoms with van der Waals surface area (Å²) in [6.45, 7) is 4.19. The minimum atomic E-state index is -0.0249. The molecule has 1 saturated heterocycles. The number of aryl methyl sites for hydroxylation is 1. The number of nitrogens with zero attached hydrogens (tertiary/aromatic N) is 3. The number of rotatable bonds is 7. The van der Waals surface area contributed by atoms with Crippen LogP contribution >= 0.6 is 0 Å². The van der Waals surface area contributed by atoms with E-state index >= 15 is 0 Å². The van der Waals surface area contributed by atoms with Crippen LogP contribution in [0.15, 0.2) is 47.1 Å². The van der Waals surface area contributed by atoms with Gasteiger partial charge in [-0.05, 0) is 50.6 Å². The molecule has 1 fully saturated rings. The molecule has 2 aromatic heterocycles. The molecule has 162 valence electrons. The number of para-hydroxylation sites is 1. The number of Topliss-reactive ketones (excluding diaryl/α,β-unsaturated/α-hetero) is 1. The highest BCUT2D eigenvalue weighted by molar-refractivity contribution is 5.97. The van der Waals surface area contributed by atoms with Gasteiger partial charge in [0.2, 0.25) is 5.89 Å². The molecule has 3 aromatic rings. The first-order chi connectivity index (χ1) is 15.1. The molecule has 3 heterocycles. The van der Waals surface area contributed by atoms with Gasteiger partial charge in [0.05, 0.1) is 25.5 Å². The Kier molecular flexibility index (Phi) is 6.32. The molecule has 0 unspecified atom stereocenters. The average Bonchev–Trinajstić information content (AvgIpc) is 3.18. The second-order valence-electron chi connectivity index (χ2n) is 7.74. The number of oxazole rings is 1. The molecule has 1 aliphatic heterocycles. The number of aromatic nitrogens is 2. The molecule has 0 spiro atoms. The fourth-order valence-corrected chi connectivity index (χ4v) is 4.11. The standard InChI is InChI=1S/C24H27N3O4/c1-16-20(26-24(31-16)19-9-4-10-21(29-2)23(19)30-3)15-27-12-6-8-18(14-27)22(28)17-7-5-11-25-13-17/h4-5,7,9-11,13,18H,6,8,12,14-15H2,1-3H3/t18-/m0/s1. The Morgan fingerprint density at radius 3 is 2.84 bits per heavy atom. The third-order valence-electron chi connectivity index (χ3n) is 5.72. The lowest BCUT2D eigenvalue weighted by Gasteiger charge is -2.31. The van der Waals surface area contributed by atoms with Crippen LogP contribution in [0.25, 0.3) is 11.5 Å². The Labute approximate surface area is 182 Å². The molecule has 0 bridgehead atoms. The van der Waals surface area contributed by atoms with Crippen molar-refractivity contribution in [2.24, 2.45) is 5.92 Å². The second-order valence-corrected chi connectivity index (χ2v) is 7.74. The fraction of sp³-hybridized carbons (Fsp3) is 0.375. The molecule has 1 aromatic carbocycles. The summed E-state index contributed by atoms with van der Waals surface area (Å²) < 4.78 is 16.9. The number of pyridine rings is 1. The summed E-state index contributed by atoms with van der Waals surface area (Å²) in [7, 11) is 3.21. The number of ether oxygens (including phenoxy) is 2.